The molecule has 0 atom stereocenters. The van der Waals surface area contributed by atoms with Gasteiger partial charge in [0.2, 0.25) is 0 Å². The third-order valence-corrected chi connectivity index (χ3v) is 3.00. The first-order valence-corrected chi connectivity index (χ1v) is 5.53. The van der Waals surface area contributed by atoms with Crippen LogP contribution in [0.4, 0.5) is 0 Å². The van der Waals surface area contributed by atoms with E-state index in [-0.39, 0.29) is 6.61 Å². The molecule has 0 aromatic rings. The fourth-order valence-electron chi connectivity index (χ4n) is 2.23. The molecule has 0 radical (unpaired) electrons. The van der Waals surface area contributed by atoms with Crippen LogP contribution in [-0.4, -0.2) is 41.0 Å². The Morgan fingerprint density at radius 3 is 2.43 bits per heavy atom. The Kier molecular flexibility index (Phi) is 4.55. The Labute approximate surface area is 86.1 Å². The summed E-state index contributed by atoms with van der Waals surface area (Å²) in [4.78, 5) is 13.4. The second-order valence-corrected chi connectivity index (χ2v) is 4.33. The second-order valence-electron chi connectivity index (χ2n) is 4.33. The van der Waals surface area contributed by atoms with Gasteiger partial charge in [-0.3, -0.25) is 9.69 Å². The number of Topliss-reactive ketones (excluding diaryl/α,β-unsaturated/α-hetero) is 1. The molecule has 3 nitrogen and oxygen atoms in total. The first-order valence-electron chi connectivity index (χ1n) is 5.53. The number of hydrogen-bond acceptors (Lipinski definition) is 3. The highest BCUT2D eigenvalue weighted by atomic mass is 16.3. The standard InChI is InChI=1S/C11H21NO2/c1-9(2)12(7-8-13)10-3-5-11(14)6-4-10/h9-10,13H,3-8H2,1-2H3. The quantitative estimate of drug-likeness (QED) is 0.739. The van der Waals surface area contributed by atoms with Gasteiger partial charge in [0.05, 0.1) is 6.61 Å². The van der Waals surface area contributed by atoms with Crippen LogP contribution in [0, 0.1) is 0 Å². The summed E-state index contributed by atoms with van der Waals surface area (Å²) in [5, 5.41) is 8.96. The normalized spacial score (nSPS) is 19.6. The van der Waals surface area contributed by atoms with E-state index in [0.29, 0.717) is 17.9 Å². The summed E-state index contributed by atoms with van der Waals surface area (Å²) in [6.07, 6.45) is 3.38. The highest BCUT2D eigenvalue weighted by Crippen LogP contribution is 2.21. The molecule has 0 aromatic carbocycles. The first kappa shape index (κ1) is 11.7. The minimum atomic E-state index is 0.211. The van der Waals surface area contributed by atoms with Crippen LogP contribution in [0.2, 0.25) is 0 Å². The molecule has 1 aliphatic carbocycles. The van der Waals surface area contributed by atoms with Crippen molar-refractivity contribution in [3.8, 4) is 0 Å². The van der Waals surface area contributed by atoms with Gasteiger partial charge < -0.3 is 5.11 Å². The SMILES string of the molecule is CC(C)N(CCO)C1CCC(=O)CC1. The van der Waals surface area contributed by atoms with E-state index in [2.05, 4.69) is 18.7 Å². The topological polar surface area (TPSA) is 40.5 Å². The molecule has 0 heterocycles. The van der Waals surface area contributed by atoms with Crippen molar-refractivity contribution in [3.63, 3.8) is 0 Å². The van der Waals surface area contributed by atoms with Crippen molar-refractivity contribution in [2.75, 3.05) is 13.2 Å². The van der Waals surface area contributed by atoms with Crippen LogP contribution >= 0.6 is 0 Å². The molecule has 0 aliphatic heterocycles. The monoisotopic (exact) mass is 199 g/mol. The molecule has 1 aliphatic rings. The predicted octanol–water partition coefficient (Wildman–Crippen LogP) is 1.20. The number of carbonyl (C=O) groups excluding carboxylic acids is 1. The molecule has 3 heteroatoms. The zero-order valence-corrected chi connectivity index (χ0v) is 9.20. The smallest absolute Gasteiger partial charge is 0.133 e. The Morgan fingerprint density at radius 2 is 2.00 bits per heavy atom. The maximum absolute atomic E-state index is 11.1. The molecule has 1 N–H and O–H groups in total. The van der Waals surface area contributed by atoms with Crippen LogP contribution < -0.4 is 0 Å². The molecule has 1 fully saturated rings. The number of carbonyl (C=O) groups is 1. The number of hydrogen-bond donors (Lipinski definition) is 1. The third-order valence-electron chi connectivity index (χ3n) is 3.00. The molecule has 0 spiro atoms. The molecule has 0 unspecified atom stereocenters. The fraction of sp³-hybridized carbons (Fsp3) is 0.909. The van der Waals surface area contributed by atoms with Gasteiger partial charge in [-0.1, -0.05) is 0 Å². The largest absolute Gasteiger partial charge is 0.395 e. The van der Waals surface area contributed by atoms with Crippen molar-refractivity contribution in [2.24, 2.45) is 0 Å². The number of rotatable bonds is 4. The average molecular weight is 199 g/mol. The van der Waals surface area contributed by atoms with Crippen LogP contribution in [-0.2, 0) is 4.79 Å². The summed E-state index contributed by atoms with van der Waals surface area (Å²) in [6, 6.07) is 0.959. The van der Waals surface area contributed by atoms with Gasteiger partial charge in [-0.2, -0.15) is 0 Å². The lowest BCUT2D eigenvalue weighted by Crippen LogP contribution is -2.44. The molecule has 0 aromatic heterocycles. The zero-order valence-electron chi connectivity index (χ0n) is 9.20. The van der Waals surface area contributed by atoms with Crippen molar-refractivity contribution >= 4 is 5.78 Å². The minimum absolute atomic E-state index is 0.211. The van der Waals surface area contributed by atoms with Crippen molar-refractivity contribution < 1.29 is 9.90 Å². The predicted molar refractivity (Wildman–Crippen MR) is 56.2 cm³/mol. The Bertz CT molecular complexity index is 182. The zero-order chi connectivity index (χ0) is 10.6. The van der Waals surface area contributed by atoms with E-state index in [1.165, 1.54) is 0 Å². The van der Waals surface area contributed by atoms with Crippen LogP contribution in [0.5, 0.6) is 0 Å². The van der Waals surface area contributed by atoms with Crippen molar-refractivity contribution in [1.29, 1.82) is 0 Å². The summed E-state index contributed by atoms with van der Waals surface area (Å²) >= 11 is 0. The van der Waals surface area contributed by atoms with Crippen LogP contribution in [0.1, 0.15) is 39.5 Å². The molecular weight excluding hydrogens is 178 g/mol. The molecule has 0 saturated heterocycles. The Balaban J connectivity index is 2.47. The molecule has 1 rings (SSSR count). The maximum Gasteiger partial charge on any atom is 0.133 e. The van der Waals surface area contributed by atoms with Crippen molar-refractivity contribution in [2.45, 2.75) is 51.6 Å². The van der Waals surface area contributed by atoms with E-state index in [1.54, 1.807) is 0 Å². The lowest BCUT2D eigenvalue weighted by molar-refractivity contribution is -0.121. The molecule has 0 amide bonds. The molecular formula is C11H21NO2. The maximum atomic E-state index is 11.1. The fourth-order valence-corrected chi connectivity index (χ4v) is 2.23. The van der Waals surface area contributed by atoms with Crippen LogP contribution in [0.3, 0.4) is 0 Å². The van der Waals surface area contributed by atoms with Gasteiger partial charge >= 0.3 is 0 Å². The highest BCUT2D eigenvalue weighted by Gasteiger charge is 2.25. The highest BCUT2D eigenvalue weighted by molar-refractivity contribution is 5.79. The Morgan fingerprint density at radius 1 is 1.43 bits per heavy atom. The van der Waals surface area contributed by atoms with Gasteiger partial charge in [-0.25, -0.2) is 0 Å². The number of nitrogens with zero attached hydrogens (tertiary/aromatic N) is 1. The summed E-state index contributed by atoms with van der Waals surface area (Å²) in [6.45, 7) is 5.23. The number of ketones is 1. The van der Waals surface area contributed by atoms with E-state index in [9.17, 15) is 4.79 Å². The third kappa shape index (κ3) is 3.07. The Hall–Kier alpha value is -0.410. The van der Waals surface area contributed by atoms with Gasteiger partial charge in [0.15, 0.2) is 0 Å². The molecule has 14 heavy (non-hydrogen) atoms. The van der Waals surface area contributed by atoms with Crippen molar-refractivity contribution in [3.05, 3.63) is 0 Å². The van der Waals surface area contributed by atoms with Gasteiger partial charge in [0.25, 0.3) is 0 Å². The first-order chi connectivity index (χ1) is 6.65. The van der Waals surface area contributed by atoms with Gasteiger partial charge in [-0.05, 0) is 26.7 Å². The van der Waals surface area contributed by atoms with Gasteiger partial charge in [0.1, 0.15) is 5.78 Å². The number of aliphatic hydroxyl groups is 1. The van der Waals surface area contributed by atoms with Gasteiger partial charge in [0, 0.05) is 31.5 Å². The van der Waals surface area contributed by atoms with Gasteiger partial charge in [-0.15, -0.1) is 0 Å². The lowest BCUT2D eigenvalue weighted by atomic mass is 9.92. The van der Waals surface area contributed by atoms with Crippen LogP contribution in [0.25, 0.3) is 0 Å². The summed E-state index contributed by atoms with van der Waals surface area (Å²) in [5.74, 6) is 0.397. The number of aliphatic hydroxyl groups excluding tert-OH is 1. The van der Waals surface area contributed by atoms with E-state index in [1.807, 2.05) is 0 Å². The molecule has 82 valence electrons. The van der Waals surface area contributed by atoms with E-state index < -0.39 is 0 Å². The average Bonchev–Trinajstić information content (AvgIpc) is 2.15. The van der Waals surface area contributed by atoms with E-state index in [4.69, 9.17) is 5.11 Å². The van der Waals surface area contributed by atoms with E-state index >= 15 is 0 Å². The van der Waals surface area contributed by atoms with Crippen LogP contribution in [0.15, 0.2) is 0 Å². The summed E-state index contributed by atoms with van der Waals surface area (Å²) in [7, 11) is 0. The minimum Gasteiger partial charge on any atom is -0.395 e. The lowest BCUT2D eigenvalue weighted by Gasteiger charge is -2.36. The van der Waals surface area contributed by atoms with E-state index in [0.717, 1.165) is 32.2 Å². The van der Waals surface area contributed by atoms with Crippen molar-refractivity contribution in [1.82, 2.24) is 4.90 Å². The summed E-state index contributed by atoms with van der Waals surface area (Å²) < 4.78 is 0. The molecule has 1 saturated carbocycles. The summed E-state index contributed by atoms with van der Waals surface area (Å²) in [5.41, 5.74) is 0. The molecule has 0 bridgehead atoms. The second kappa shape index (κ2) is 5.47.